The number of nitrogens with zero attached hydrogens (tertiary/aromatic N) is 3. The van der Waals surface area contributed by atoms with Crippen LogP contribution < -0.4 is 4.74 Å². The summed E-state index contributed by atoms with van der Waals surface area (Å²) in [4.78, 5) is 34.3. The maximum absolute atomic E-state index is 13.3. The fourth-order valence-corrected chi connectivity index (χ4v) is 5.25. The summed E-state index contributed by atoms with van der Waals surface area (Å²) in [6.07, 6.45) is 5.99. The lowest BCUT2D eigenvalue weighted by Crippen LogP contribution is -2.51. The number of aliphatic hydroxyl groups excluding tert-OH is 1. The van der Waals surface area contributed by atoms with Crippen molar-refractivity contribution in [2.45, 2.75) is 52.1 Å². The molecule has 1 aromatic heterocycles. The predicted octanol–water partition coefficient (Wildman–Crippen LogP) is 4.03. The number of hydrogen-bond donors (Lipinski definition) is 1. The van der Waals surface area contributed by atoms with Gasteiger partial charge in [0.05, 0.1) is 12.7 Å². The van der Waals surface area contributed by atoms with Gasteiger partial charge in [-0.2, -0.15) is 0 Å². The lowest BCUT2D eigenvalue weighted by atomic mass is 9.77. The Morgan fingerprint density at radius 1 is 1.11 bits per heavy atom. The lowest BCUT2D eigenvalue weighted by molar-refractivity contribution is -0.137. The monoisotopic (exact) mass is 499 g/mol. The predicted molar refractivity (Wildman–Crippen MR) is 135 cm³/mol. The van der Waals surface area contributed by atoms with Crippen LogP contribution in [-0.4, -0.2) is 70.6 Å². The molecular formula is C27H34ClN3O4. The molecule has 1 N–H and O–H groups in total. The van der Waals surface area contributed by atoms with Crippen molar-refractivity contribution in [3.05, 3.63) is 58.4 Å². The highest BCUT2D eigenvalue weighted by molar-refractivity contribution is 6.32. The molecule has 2 amide bonds. The summed E-state index contributed by atoms with van der Waals surface area (Å²) < 4.78 is 6.29. The number of halogens is 1. The van der Waals surface area contributed by atoms with Crippen LogP contribution in [-0.2, 0) is 4.79 Å². The normalized spacial score (nSPS) is 21.1. The average Bonchev–Trinajstić information content (AvgIpc) is 2.86. The van der Waals surface area contributed by atoms with Gasteiger partial charge in [0.2, 0.25) is 5.91 Å². The first kappa shape index (κ1) is 25.5. The minimum Gasteiger partial charge on any atom is -0.493 e. The molecule has 35 heavy (non-hydrogen) atoms. The molecule has 0 spiro atoms. The number of piperidine rings is 2. The number of aryl methyl sites for hydroxylation is 2. The number of aliphatic hydroxyl groups is 1. The molecule has 0 radical (unpaired) electrons. The molecule has 4 rings (SSSR count). The van der Waals surface area contributed by atoms with Gasteiger partial charge in [-0.05, 0) is 74.9 Å². The highest BCUT2D eigenvalue weighted by Gasteiger charge is 2.41. The second-order valence-corrected chi connectivity index (χ2v) is 10.4. The molecule has 2 aliphatic heterocycles. The van der Waals surface area contributed by atoms with Crippen LogP contribution in [0.25, 0.3) is 0 Å². The smallest absolute Gasteiger partial charge is 0.253 e. The van der Waals surface area contributed by atoms with Crippen molar-refractivity contribution in [1.82, 2.24) is 14.8 Å². The van der Waals surface area contributed by atoms with Crippen LogP contribution in [0.2, 0.25) is 5.02 Å². The molecule has 2 fully saturated rings. The minimum absolute atomic E-state index is 0.0526. The van der Waals surface area contributed by atoms with Crippen LogP contribution in [0.4, 0.5) is 0 Å². The van der Waals surface area contributed by atoms with E-state index in [0.717, 1.165) is 34.7 Å². The molecule has 188 valence electrons. The number of benzene rings is 1. The van der Waals surface area contributed by atoms with E-state index in [1.54, 1.807) is 24.5 Å². The van der Waals surface area contributed by atoms with E-state index in [1.807, 2.05) is 35.8 Å². The largest absolute Gasteiger partial charge is 0.493 e. The molecule has 3 heterocycles. The zero-order chi connectivity index (χ0) is 25.0. The molecule has 1 atom stereocenters. The van der Waals surface area contributed by atoms with Crippen LogP contribution >= 0.6 is 11.6 Å². The van der Waals surface area contributed by atoms with Gasteiger partial charge in [0, 0.05) is 61.0 Å². The maximum atomic E-state index is 13.3. The van der Waals surface area contributed by atoms with Gasteiger partial charge >= 0.3 is 0 Å². The maximum Gasteiger partial charge on any atom is 0.253 e. The molecule has 1 aromatic carbocycles. The van der Waals surface area contributed by atoms with Crippen LogP contribution in [0.5, 0.6) is 5.75 Å². The number of likely N-dealkylation sites (tertiary alicyclic amines) is 2. The first-order valence-corrected chi connectivity index (χ1v) is 12.7. The third-order valence-corrected chi connectivity index (χ3v) is 7.77. The van der Waals surface area contributed by atoms with Crippen molar-refractivity contribution in [3.63, 3.8) is 0 Å². The second-order valence-electron chi connectivity index (χ2n) is 10.0. The fraction of sp³-hybridized carbons (Fsp3) is 0.519. The first-order valence-electron chi connectivity index (χ1n) is 12.3. The van der Waals surface area contributed by atoms with E-state index in [4.69, 9.17) is 16.3 Å². The Morgan fingerprint density at radius 3 is 2.43 bits per heavy atom. The Bertz CT molecular complexity index is 1030. The summed E-state index contributed by atoms with van der Waals surface area (Å²) in [6.45, 7) is 6.44. The lowest BCUT2D eigenvalue weighted by Gasteiger charge is -2.43. The van der Waals surface area contributed by atoms with E-state index in [0.29, 0.717) is 57.6 Å². The molecule has 2 aromatic rings. The van der Waals surface area contributed by atoms with E-state index in [9.17, 15) is 14.7 Å². The van der Waals surface area contributed by atoms with E-state index >= 15 is 0 Å². The Balaban J connectivity index is 1.54. The van der Waals surface area contributed by atoms with Gasteiger partial charge in [-0.25, -0.2) is 0 Å². The molecule has 2 saturated heterocycles. The second kappa shape index (κ2) is 11.0. The Kier molecular flexibility index (Phi) is 7.97. The van der Waals surface area contributed by atoms with Crippen LogP contribution in [0, 0.1) is 19.3 Å². The van der Waals surface area contributed by atoms with E-state index in [-0.39, 0.29) is 17.9 Å². The number of rotatable bonds is 6. The molecule has 7 nitrogen and oxygen atoms in total. The number of pyridine rings is 1. The summed E-state index contributed by atoms with van der Waals surface area (Å²) >= 11 is 6.33. The molecular weight excluding hydrogens is 466 g/mol. The highest BCUT2D eigenvalue weighted by atomic mass is 35.5. The number of aromatic nitrogens is 1. The summed E-state index contributed by atoms with van der Waals surface area (Å²) in [5, 5.41) is 10.6. The summed E-state index contributed by atoms with van der Waals surface area (Å²) in [7, 11) is 0. The van der Waals surface area contributed by atoms with Crippen LogP contribution in [0.1, 0.15) is 53.6 Å². The van der Waals surface area contributed by atoms with Crippen molar-refractivity contribution in [1.29, 1.82) is 0 Å². The summed E-state index contributed by atoms with van der Waals surface area (Å²) in [5.74, 6) is 0.722. The third kappa shape index (κ3) is 6.14. The molecule has 0 saturated carbocycles. The number of carbonyl (C=O) groups is 2. The van der Waals surface area contributed by atoms with Gasteiger partial charge in [-0.3, -0.25) is 14.6 Å². The standard InChI is InChI=1S/C27H34ClN3O4/c1-19-14-23(15-20(2)25(19)28)35-18-27(16-24(33)30-12-6-22(32)7-13-30)8-3-11-31(17-27)26(34)21-4-9-29-10-5-21/h4-5,9-10,14-15,22,32H,3,6-8,11-13,16-18H2,1-2H3/t27-/m1/s1. The van der Waals surface area contributed by atoms with Gasteiger partial charge in [0.15, 0.2) is 0 Å². The Labute approximate surface area is 212 Å². The van der Waals surface area contributed by atoms with Crippen molar-refractivity contribution in [2.75, 3.05) is 32.8 Å². The summed E-state index contributed by atoms with van der Waals surface area (Å²) in [5.41, 5.74) is 1.97. The van der Waals surface area contributed by atoms with Crippen molar-refractivity contribution >= 4 is 23.4 Å². The first-order chi connectivity index (χ1) is 16.8. The van der Waals surface area contributed by atoms with E-state index < -0.39 is 5.41 Å². The zero-order valence-electron chi connectivity index (χ0n) is 20.5. The van der Waals surface area contributed by atoms with E-state index in [1.165, 1.54) is 0 Å². The number of hydrogen-bond acceptors (Lipinski definition) is 5. The Hall–Kier alpha value is -2.64. The highest BCUT2D eigenvalue weighted by Crippen LogP contribution is 2.37. The van der Waals surface area contributed by atoms with E-state index in [2.05, 4.69) is 4.98 Å². The van der Waals surface area contributed by atoms with Crippen molar-refractivity contribution in [2.24, 2.45) is 5.41 Å². The molecule has 2 aliphatic rings. The van der Waals surface area contributed by atoms with Gasteiger partial charge in [-0.15, -0.1) is 0 Å². The van der Waals surface area contributed by atoms with Gasteiger partial charge < -0.3 is 19.6 Å². The van der Waals surface area contributed by atoms with Gasteiger partial charge in [-0.1, -0.05) is 11.6 Å². The van der Waals surface area contributed by atoms with Crippen molar-refractivity contribution in [3.8, 4) is 5.75 Å². The van der Waals surface area contributed by atoms with Crippen LogP contribution in [0.15, 0.2) is 36.7 Å². The number of carbonyl (C=O) groups excluding carboxylic acids is 2. The molecule has 0 unspecified atom stereocenters. The average molecular weight is 500 g/mol. The quantitative estimate of drug-likeness (QED) is 0.649. The third-order valence-electron chi connectivity index (χ3n) is 7.17. The molecule has 8 heteroatoms. The Morgan fingerprint density at radius 2 is 1.77 bits per heavy atom. The van der Waals surface area contributed by atoms with Gasteiger partial charge in [0.1, 0.15) is 5.75 Å². The topological polar surface area (TPSA) is 83.0 Å². The minimum atomic E-state index is -0.504. The van der Waals surface area contributed by atoms with Gasteiger partial charge in [0.25, 0.3) is 5.91 Å². The number of amides is 2. The summed E-state index contributed by atoms with van der Waals surface area (Å²) in [6, 6.07) is 7.27. The molecule has 0 aliphatic carbocycles. The number of ether oxygens (including phenoxy) is 1. The molecule has 0 bridgehead atoms. The van der Waals surface area contributed by atoms with Crippen molar-refractivity contribution < 1.29 is 19.4 Å². The van der Waals surface area contributed by atoms with Crippen LogP contribution in [0.3, 0.4) is 0 Å². The fourth-order valence-electron chi connectivity index (χ4n) is 5.15. The zero-order valence-corrected chi connectivity index (χ0v) is 21.3. The SMILES string of the molecule is Cc1cc(OC[C@@]2(CC(=O)N3CCC(O)CC3)CCCN(C(=O)c3ccncc3)C2)cc(C)c1Cl.